The van der Waals surface area contributed by atoms with Crippen LogP contribution in [0.4, 0.5) is 0 Å². The van der Waals surface area contributed by atoms with Crippen molar-refractivity contribution in [3.8, 4) is 0 Å². The number of hydrogen-bond acceptors (Lipinski definition) is 2. The molecule has 144 valence electrons. The van der Waals surface area contributed by atoms with E-state index in [4.69, 9.17) is 4.74 Å². The fraction of sp³-hybridized carbons (Fsp3) is 0.708. The Labute approximate surface area is 159 Å². The lowest BCUT2D eigenvalue weighted by atomic mass is 9.75. The van der Waals surface area contributed by atoms with Crippen molar-refractivity contribution < 1.29 is 9.53 Å². The predicted molar refractivity (Wildman–Crippen MR) is 107 cm³/mol. The lowest BCUT2D eigenvalue weighted by Crippen LogP contribution is -2.37. The van der Waals surface area contributed by atoms with Crippen LogP contribution in [0.2, 0.25) is 0 Å². The molecule has 0 amide bonds. The third-order valence-corrected chi connectivity index (χ3v) is 6.79. The van der Waals surface area contributed by atoms with Crippen molar-refractivity contribution in [1.82, 2.24) is 0 Å². The number of carbonyl (C=O) groups excluding carboxylic acids is 1. The molecule has 0 N–H and O–H groups in total. The third kappa shape index (κ3) is 4.50. The van der Waals surface area contributed by atoms with Gasteiger partial charge in [0.15, 0.2) is 0 Å². The fourth-order valence-electron chi connectivity index (χ4n) is 5.14. The number of esters is 1. The molecular formula is C24H36O2. The molecule has 1 aromatic carbocycles. The van der Waals surface area contributed by atoms with Crippen molar-refractivity contribution >= 4 is 5.97 Å². The summed E-state index contributed by atoms with van der Waals surface area (Å²) in [4.78, 5) is 13.3. The highest BCUT2D eigenvalue weighted by Gasteiger charge is 2.38. The fourth-order valence-corrected chi connectivity index (χ4v) is 5.14. The number of carbonyl (C=O) groups is 1. The predicted octanol–water partition coefficient (Wildman–Crippen LogP) is 6.27. The summed E-state index contributed by atoms with van der Waals surface area (Å²) in [5.74, 6) is 2.14. The minimum atomic E-state index is -0.0804. The van der Waals surface area contributed by atoms with Gasteiger partial charge in [-0.3, -0.25) is 4.79 Å². The summed E-state index contributed by atoms with van der Waals surface area (Å²) in [6, 6.07) is 8.54. The Kier molecular flexibility index (Phi) is 6.42. The normalized spacial score (nSPS) is 28.3. The summed E-state index contributed by atoms with van der Waals surface area (Å²) in [7, 11) is 0. The monoisotopic (exact) mass is 356 g/mol. The minimum absolute atomic E-state index is 0.0329. The average Bonchev–Trinajstić information content (AvgIpc) is 3.10. The molecule has 26 heavy (non-hydrogen) atoms. The van der Waals surface area contributed by atoms with Gasteiger partial charge in [-0.25, -0.2) is 0 Å². The number of hydrogen-bond donors (Lipinski definition) is 0. The van der Waals surface area contributed by atoms with E-state index >= 15 is 0 Å². The van der Waals surface area contributed by atoms with Crippen molar-refractivity contribution in [1.29, 1.82) is 0 Å². The van der Waals surface area contributed by atoms with E-state index in [1.807, 2.05) is 0 Å². The molecule has 0 aromatic heterocycles. The second kappa shape index (κ2) is 8.59. The Hall–Kier alpha value is -1.31. The van der Waals surface area contributed by atoms with Gasteiger partial charge in [-0.1, -0.05) is 69.9 Å². The quantitative estimate of drug-likeness (QED) is 0.581. The Balaban J connectivity index is 1.79. The zero-order valence-electron chi connectivity index (χ0n) is 17.0. The van der Waals surface area contributed by atoms with Gasteiger partial charge in [-0.05, 0) is 61.8 Å². The van der Waals surface area contributed by atoms with E-state index in [0.717, 1.165) is 24.8 Å². The molecule has 0 aliphatic heterocycles. The Morgan fingerprint density at radius 2 is 1.69 bits per heavy atom. The Morgan fingerprint density at radius 1 is 1.04 bits per heavy atom. The lowest BCUT2D eigenvalue weighted by molar-refractivity contribution is -0.159. The molecule has 4 atom stereocenters. The standard InChI is InChI=1S/C24H36O2/c1-16(2)21-14-11-18(4)15-22(21)26-24(25)23(19-7-5-6-8-19)20-12-9-17(3)10-13-20/h9-10,12-13,16,18-19,21-23H,5-8,11,14-15H2,1-4H3/t18-,21+,22-,23-/m0/s1. The maximum atomic E-state index is 13.3. The van der Waals surface area contributed by atoms with Gasteiger partial charge in [-0.15, -0.1) is 0 Å². The van der Waals surface area contributed by atoms with Crippen LogP contribution in [-0.4, -0.2) is 12.1 Å². The first kappa shape index (κ1) is 19.5. The van der Waals surface area contributed by atoms with Gasteiger partial charge in [0, 0.05) is 0 Å². The molecule has 2 fully saturated rings. The van der Waals surface area contributed by atoms with Crippen LogP contribution in [0, 0.1) is 30.6 Å². The average molecular weight is 357 g/mol. The van der Waals surface area contributed by atoms with Crippen LogP contribution < -0.4 is 0 Å². The summed E-state index contributed by atoms with van der Waals surface area (Å²) < 4.78 is 6.26. The van der Waals surface area contributed by atoms with Crippen molar-refractivity contribution in [2.24, 2.45) is 23.7 Å². The molecule has 1 aromatic rings. The van der Waals surface area contributed by atoms with Gasteiger partial charge in [0.25, 0.3) is 0 Å². The Morgan fingerprint density at radius 3 is 2.31 bits per heavy atom. The molecule has 3 rings (SSSR count). The van der Waals surface area contributed by atoms with Gasteiger partial charge in [0.2, 0.25) is 0 Å². The first-order valence-corrected chi connectivity index (χ1v) is 10.7. The smallest absolute Gasteiger partial charge is 0.313 e. The van der Waals surface area contributed by atoms with E-state index < -0.39 is 0 Å². The van der Waals surface area contributed by atoms with Crippen LogP contribution in [0.25, 0.3) is 0 Å². The minimum Gasteiger partial charge on any atom is -0.462 e. The van der Waals surface area contributed by atoms with Gasteiger partial charge in [0.05, 0.1) is 5.92 Å². The molecule has 0 saturated heterocycles. The van der Waals surface area contributed by atoms with E-state index in [0.29, 0.717) is 23.7 Å². The highest BCUT2D eigenvalue weighted by atomic mass is 16.5. The van der Waals surface area contributed by atoms with Gasteiger partial charge in [0.1, 0.15) is 6.10 Å². The van der Waals surface area contributed by atoms with Gasteiger partial charge >= 0.3 is 5.97 Å². The maximum absolute atomic E-state index is 13.3. The van der Waals surface area contributed by atoms with Gasteiger partial charge < -0.3 is 4.74 Å². The summed E-state index contributed by atoms with van der Waals surface area (Å²) in [5.41, 5.74) is 2.39. The topological polar surface area (TPSA) is 26.3 Å². The van der Waals surface area contributed by atoms with Crippen molar-refractivity contribution in [2.45, 2.75) is 84.7 Å². The summed E-state index contributed by atoms with van der Waals surface area (Å²) in [6.45, 7) is 8.95. The number of rotatable bonds is 5. The Bertz CT molecular complexity index is 583. The summed E-state index contributed by atoms with van der Waals surface area (Å²) in [6.07, 6.45) is 8.38. The van der Waals surface area contributed by atoms with Crippen LogP contribution in [0.1, 0.15) is 82.8 Å². The van der Waals surface area contributed by atoms with Crippen LogP contribution >= 0.6 is 0 Å². The lowest BCUT2D eigenvalue weighted by Gasteiger charge is -2.37. The summed E-state index contributed by atoms with van der Waals surface area (Å²) in [5, 5.41) is 0. The van der Waals surface area contributed by atoms with E-state index in [1.54, 1.807) is 0 Å². The highest BCUT2D eigenvalue weighted by molar-refractivity contribution is 5.79. The first-order chi connectivity index (χ1) is 12.5. The molecule has 0 bridgehead atoms. The van der Waals surface area contributed by atoms with E-state index in [-0.39, 0.29) is 18.0 Å². The molecule has 2 aliphatic rings. The highest BCUT2D eigenvalue weighted by Crippen LogP contribution is 2.41. The van der Waals surface area contributed by atoms with Crippen LogP contribution in [-0.2, 0) is 9.53 Å². The summed E-state index contributed by atoms with van der Waals surface area (Å²) >= 11 is 0. The second-order valence-corrected chi connectivity index (χ2v) is 9.23. The molecule has 0 unspecified atom stereocenters. The third-order valence-electron chi connectivity index (χ3n) is 6.79. The molecule has 0 heterocycles. The van der Waals surface area contributed by atoms with Crippen molar-refractivity contribution in [3.05, 3.63) is 35.4 Å². The molecule has 2 nitrogen and oxygen atoms in total. The number of ether oxygens (including phenoxy) is 1. The van der Waals surface area contributed by atoms with Crippen LogP contribution in [0.15, 0.2) is 24.3 Å². The molecular weight excluding hydrogens is 320 g/mol. The maximum Gasteiger partial charge on any atom is 0.313 e. The van der Waals surface area contributed by atoms with E-state index in [1.165, 1.54) is 31.2 Å². The van der Waals surface area contributed by atoms with Gasteiger partial charge in [-0.2, -0.15) is 0 Å². The second-order valence-electron chi connectivity index (χ2n) is 9.23. The SMILES string of the molecule is Cc1ccc([C@@H](C(=O)O[C@H]2C[C@@H](C)CC[C@@H]2C(C)C)C2CCCC2)cc1. The zero-order valence-corrected chi connectivity index (χ0v) is 17.0. The molecule has 2 saturated carbocycles. The molecule has 2 aliphatic carbocycles. The molecule has 0 spiro atoms. The molecule has 0 radical (unpaired) electrons. The zero-order chi connectivity index (χ0) is 18.7. The first-order valence-electron chi connectivity index (χ1n) is 10.7. The van der Waals surface area contributed by atoms with Crippen molar-refractivity contribution in [2.75, 3.05) is 0 Å². The van der Waals surface area contributed by atoms with Crippen LogP contribution in [0.5, 0.6) is 0 Å². The molecule has 2 heteroatoms. The van der Waals surface area contributed by atoms with Crippen molar-refractivity contribution in [3.63, 3.8) is 0 Å². The van der Waals surface area contributed by atoms with Crippen LogP contribution in [0.3, 0.4) is 0 Å². The van der Waals surface area contributed by atoms with E-state index in [2.05, 4.69) is 52.0 Å². The van der Waals surface area contributed by atoms with E-state index in [9.17, 15) is 4.79 Å². The number of benzene rings is 1. The largest absolute Gasteiger partial charge is 0.462 e. The number of aryl methyl sites for hydroxylation is 1.